The van der Waals surface area contributed by atoms with Crippen molar-refractivity contribution in [3.63, 3.8) is 0 Å². The minimum atomic E-state index is -0.439. The molecule has 0 spiro atoms. The van der Waals surface area contributed by atoms with E-state index in [0.717, 1.165) is 5.76 Å². The number of amides is 2. The van der Waals surface area contributed by atoms with Gasteiger partial charge in [0.25, 0.3) is 0 Å². The van der Waals surface area contributed by atoms with Crippen molar-refractivity contribution in [2.45, 2.75) is 58.7 Å². The van der Waals surface area contributed by atoms with Gasteiger partial charge in [0.15, 0.2) is 0 Å². The molecular weight excluding hydrogens is 268 g/mol. The van der Waals surface area contributed by atoms with Gasteiger partial charge in [-0.3, -0.25) is 9.59 Å². The van der Waals surface area contributed by atoms with Crippen molar-refractivity contribution in [2.75, 3.05) is 0 Å². The highest BCUT2D eigenvalue weighted by Gasteiger charge is 2.40. The summed E-state index contributed by atoms with van der Waals surface area (Å²) in [6.45, 7) is 7.83. The summed E-state index contributed by atoms with van der Waals surface area (Å²) in [6, 6.07) is 2.80. The summed E-state index contributed by atoms with van der Waals surface area (Å²) in [4.78, 5) is 26.5. The lowest BCUT2D eigenvalue weighted by Crippen LogP contribution is -2.64. The molecule has 1 saturated heterocycles. The largest absolute Gasteiger partial charge is 0.469 e. The van der Waals surface area contributed by atoms with E-state index in [2.05, 4.69) is 5.32 Å². The van der Waals surface area contributed by atoms with Crippen LogP contribution < -0.4 is 5.32 Å². The Kier molecular flexibility index (Phi) is 4.70. The molecule has 5 nitrogen and oxygen atoms in total. The summed E-state index contributed by atoms with van der Waals surface area (Å²) >= 11 is 0. The highest BCUT2D eigenvalue weighted by atomic mass is 16.3. The SMILES string of the molecule is CC(C)CC1NC(=O)C(C)N(C(C)Cc2ccco2)C1=O. The molecule has 2 heterocycles. The van der Waals surface area contributed by atoms with Crippen LogP contribution in [0.3, 0.4) is 0 Å². The molecule has 2 amide bonds. The van der Waals surface area contributed by atoms with E-state index in [-0.39, 0.29) is 17.9 Å². The number of carbonyl (C=O) groups is 2. The summed E-state index contributed by atoms with van der Waals surface area (Å²) in [5, 5.41) is 2.84. The Morgan fingerprint density at radius 1 is 1.33 bits per heavy atom. The maximum Gasteiger partial charge on any atom is 0.246 e. The average molecular weight is 292 g/mol. The summed E-state index contributed by atoms with van der Waals surface area (Å²) < 4.78 is 5.35. The van der Waals surface area contributed by atoms with E-state index in [0.29, 0.717) is 18.8 Å². The monoisotopic (exact) mass is 292 g/mol. The molecule has 3 unspecified atom stereocenters. The normalized spacial score (nSPS) is 24.3. The Labute approximate surface area is 125 Å². The number of nitrogens with one attached hydrogen (secondary N) is 1. The van der Waals surface area contributed by atoms with E-state index in [4.69, 9.17) is 4.42 Å². The smallest absolute Gasteiger partial charge is 0.246 e. The predicted octanol–water partition coefficient (Wildman–Crippen LogP) is 1.97. The Hall–Kier alpha value is -1.78. The van der Waals surface area contributed by atoms with E-state index in [1.165, 1.54) is 0 Å². The summed E-state index contributed by atoms with van der Waals surface area (Å²) in [5.41, 5.74) is 0. The highest BCUT2D eigenvalue weighted by Crippen LogP contribution is 2.20. The van der Waals surface area contributed by atoms with Gasteiger partial charge in [0, 0.05) is 12.5 Å². The van der Waals surface area contributed by atoms with Crippen LogP contribution in [0.5, 0.6) is 0 Å². The van der Waals surface area contributed by atoms with Gasteiger partial charge >= 0.3 is 0 Å². The van der Waals surface area contributed by atoms with Gasteiger partial charge in [-0.1, -0.05) is 13.8 Å². The van der Waals surface area contributed by atoms with Crippen LogP contribution in [0.1, 0.15) is 39.9 Å². The van der Waals surface area contributed by atoms with Crippen molar-refractivity contribution < 1.29 is 14.0 Å². The molecule has 0 radical (unpaired) electrons. The van der Waals surface area contributed by atoms with Crippen LogP contribution in [0.15, 0.2) is 22.8 Å². The number of carbonyl (C=O) groups excluding carboxylic acids is 2. The average Bonchev–Trinajstić information content (AvgIpc) is 2.88. The fraction of sp³-hybridized carbons (Fsp3) is 0.625. The van der Waals surface area contributed by atoms with Crippen LogP contribution in [0.2, 0.25) is 0 Å². The first kappa shape index (κ1) is 15.6. The van der Waals surface area contributed by atoms with E-state index < -0.39 is 12.1 Å². The van der Waals surface area contributed by atoms with Gasteiger partial charge in [0.2, 0.25) is 11.8 Å². The molecule has 116 valence electrons. The van der Waals surface area contributed by atoms with Crippen LogP contribution in [0.25, 0.3) is 0 Å². The lowest BCUT2D eigenvalue weighted by atomic mass is 9.97. The molecule has 0 bridgehead atoms. The molecule has 1 aliphatic rings. The molecule has 1 aromatic heterocycles. The molecule has 21 heavy (non-hydrogen) atoms. The number of rotatable bonds is 5. The molecule has 1 N–H and O–H groups in total. The van der Waals surface area contributed by atoms with E-state index in [1.54, 1.807) is 18.1 Å². The third kappa shape index (κ3) is 3.46. The van der Waals surface area contributed by atoms with Gasteiger partial charge in [-0.05, 0) is 38.3 Å². The van der Waals surface area contributed by atoms with Crippen molar-refractivity contribution in [2.24, 2.45) is 5.92 Å². The van der Waals surface area contributed by atoms with Crippen molar-refractivity contribution in [1.29, 1.82) is 0 Å². The van der Waals surface area contributed by atoms with Gasteiger partial charge in [0.1, 0.15) is 17.8 Å². The third-order valence-corrected chi connectivity index (χ3v) is 3.92. The van der Waals surface area contributed by atoms with Crippen LogP contribution in [0.4, 0.5) is 0 Å². The fourth-order valence-corrected chi connectivity index (χ4v) is 2.90. The number of hydrogen-bond donors (Lipinski definition) is 1. The lowest BCUT2D eigenvalue weighted by Gasteiger charge is -2.41. The molecule has 0 aromatic carbocycles. The Balaban J connectivity index is 2.13. The zero-order valence-corrected chi connectivity index (χ0v) is 13.1. The Morgan fingerprint density at radius 3 is 2.62 bits per heavy atom. The van der Waals surface area contributed by atoms with Crippen molar-refractivity contribution in [3.8, 4) is 0 Å². The summed E-state index contributed by atoms with van der Waals surface area (Å²) in [6.07, 6.45) is 2.91. The number of hydrogen-bond acceptors (Lipinski definition) is 3. The van der Waals surface area contributed by atoms with Crippen LogP contribution >= 0.6 is 0 Å². The maximum absolute atomic E-state index is 12.7. The van der Waals surface area contributed by atoms with Gasteiger partial charge in [-0.15, -0.1) is 0 Å². The quantitative estimate of drug-likeness (QED) is 0.902. The third-order valence-electron chi connectivity index (χ3n) is 3.92. The van der Waals surface area contributed by atoms with E-state index in [9.17, 15) is 9.59 Å². The van der Waals surface area contributed by atoms with E-state index in [1.807, 2.05) is 32.9 Å². The zero-order valence-electron chi connectivity index (χ0n) is 13.1. The summed E-state index contributed by atoms with van der Waals surface area (Å²) in [5.74, 6) is 1.12. The van der Waals surface area contributed by atoms with Gasteiger partial charge < -0.3 is 14.6 Å². The lowest BCUT2D eigenvalue weighted by molar-refractivity contribution is -0.151. The molecule has 1 aliphatic heterocycles. The summed E-state index contributed by atoms with van der Waals surface area (Å²) in [7, 11) is 0. The molecule has 0 saturated carbocycles. The van der Waals surface area contributed by atoms with Crippen molar-refractivity contribution in [1.82, 2.24) is 10.2 Å². The van der Waals surface area contributed by atoms with Gasteiger partial charge in [-0.25, -0.2) is 0 Å². The highest BCUT2D eigenvalue weighted by molar-refractivity contribution is 5.96. The molecule has 1 fully saturated rings. The van der Waals surface area contributed by atoms with Gasteiger partial charge in [0.05, 0.1) is 6.26 Å². The molecule has 0 aliphatic carbocycles. The number of furan rings is 1. The Bertz CT molecular complexity index is 496. The molecule has 1 aromatic rings. The van der Waals surface area contributed by atoms with Crippen LogP contribution in [-0.4, -0.2) is 34.8 Å². The van der Waals surface area contributed by atoms with Crippen molar-refractivity contribution >= 4 is 11.8 Å². The first-order valence-corrected chi connectivity index (χ1v) is 7.55. The molecule has 3 atom stereocenters. The zero-order chi connectivity index (χ0) is 15.6. The van der Waals surface area contributed by atoms with Gasteiger partial charge in [-0.2, -0.15) is 0 Å². The number of nitrogens with zero attached hydrogens (tertiary/aromatic N) is 1. The Morgan fingerprint density at radius 2 is 2.05 bits per heavy atom. The van der Waals surface area contributed by atoms with Crippen LogP contribution in [-0.2, 0) is 16.0 Å². The predicted molar refractivity (Wildman–Crippen MR) is 79.6 cm³/mol. The minimum absolute atomic E-state index is 0.00913. The second-order valence-electron chi connectivity index (χ2n) is 6.24. The number of piperazine rings is 1. The first-order valence-electron chi connectivity index (χ1n) is 7.55. The second-order valence-corrected chi connectivity index (χ2v) is 6.24. The molecule has 5 heteroatoms. The maximum atomic E-state index is 12.7. The second kappa shape index (κ2) is 6.33. The molecular formula is C16H24N2O3. The van der Waals surface area contributed by atoms with E-state index >= 15 is 0 Å². The first-order chi connectivity index (χ1) is 9.90. The minimum Gasteiger partial charge on any atom is -0.469 e. The molecule has 2 rings (SSSR count). The topological polar surface area (TPSA) is 62.6 Å². The van der Waals surface area contributed by atoms with Crippen LogP contribution in [0, 0.1) is 5.92 Å². The fourth-order valence-electron chi connectivity index (χ4n) is 2.90. The standard InChI is InChI=1S/C16H24N2O3/c1-10(2)8-14-16(20)18(12(4)15(19)17-14)11(3)9-13-6-5-7-21-13/h5-7,10-12,14H,8-9H2,1-4H3,(H,17,19). The van der Waals surface area contributed by atoms with Crippen molar-refractivity contribution in [3.05, 3.63) is 24.2 Å².